The highest BCUT2D eigenvalue weighted by Gasteiger charge is 2.26. The van der Waals surface area contributed by atoms with Crippen LogP contribution in [0.5, 0.6) is 5.75 Å². The van der Waals surface area contributed by atoms with Crippen molar-refractivity contribution in [1.82, 2.24) is 4.31 Å². The molecule has 0 aliphatic carbocycles. The number of thioether (sulfide) groups is 1. The summed E-state index contributed by atoms with van der Waals surface area (Å²) in [5.74, 6) is 0.204. The second-order valence-electron chi connectivity index (χ2n) is 7.39. The fourth-order valence-electron chi connectivity index (χ4n) is 3.10. The van der Waals surface area contributed by atoms with E-state index < -0.39 is 16.0 Å². The van der Waals surface area contributed by atoms with E-state index in [1.165, 1.54) is 10.4 Å². The maximum Gasteiger partial charge on any atom is 0.344 e. The molecule has 0 unspecified atom stereocenters. The van der Waals surface area contributed by atoms with E-state index in [1.54, 1.807) is 30.8 Å². The van der Waals surface area contributed by atoms with Gasteiger partial charge in [0.15, 0.2) is 6.61 Å². The van der Waals surface area contributed by atoms with E-state index >= 15 is 0 Å². The van der Waals surface area contributed by atoms with E-state index in [0.717, 1.165) is 10.5 Å². The van der Waals surface area contributed by atoms with Gasteiger partial charge in [-0.2, -0.15) is 4.31 Å². The smallest absolute Gasteiger partial charge is 0.344 e. The molecule has 0 heterocycles. The molecule has 0 aromatic heterocycles. The Bertz CT molecular complexity index is 1060. The van der Waals surface area contributed by atoms with Crippen molar-refractivity contribution < 1.29 is 22.7 Å². The van der Waals surface area contributed by atoms with E-state index in [0.29, 0.717) is 41.4 Å². The Morgan fingerprint density at radius 1 is 1.21 bits per heavy atom. The number of rotatable bonds is 12. The lowest BCUT2D eigenvalue weighted by Crippen LogP contribution is -2.36. The molecule has 1 atom stereocenters. The number of esters is 1. The zero-order valence-corrected chi connectivity index (χ0v) is 23.1. The van der Waals surface area contributed by atoms with E-state index in [2.05, 4.69) is 15.9 Å². The Balaban J connectivity index is 2.08. The fraction of sp³-hybridized carbons (Fsp3) is 0.435. The molecule has 0 radical (unpaired) electrons. The molecular weight excluding hydrogens is 550 g/mol. The number of hydrogen-bond donors (Lipinski definition) is 0. The third-order valence-corrected chi connectivity index (χ3v) is 8.77. The van der Waals surface area contributed by atoms with Gasteiger partial charge in [-0.05, 0) is 78.2 Å². The molecule has 0 saturated heterocycles. The first-order valence-corrected chi connectivity index (χ1v) is 14.1. The van der Waals surface area contributed by atoms with Crippen LogP contribution < -0.4 is 4.74 Å². The SMILES string of the molecule is CCCN(C[C@@H](C)Sc1ccc(OCC(=O)OCC)c(C)c1)S(=O)(=O)c1ccc(Br)c(Cl)c1. The van der Waals surface area contributed by atoms with Gasteiger partial charge in [0.2, 0.25) is 10.0 Å². The highest BCUT2D eigenvalue weighted by molar-refractivity contribution is 9.10. The molecule has 0 saturated carbocycles. The summed E-state index contributed by atoms with van der Waals surface area (Å²) in [6.07, 6.45) is 0.701. The molecular formula is C23H29BrClNO5S2. The van der Waals surface area contributed by atoms with Crippen LogP contribution in [0.2, 0.25) is 5.02 Å². The predicted octanol–water partition coefficient (Wildman–Crippen LogP) is 5.93. The number of nitrogens with zero attached hydrogens (tertiary/aromatic N) is 1. The topological polar surface area (TPSA) is 72.9 Å². The molecule has 2 rings (SSSR count). The lowest BCUT2D eigenvalue weighted by molar-refractivity contribution is -0.145. The zero-order chi connectivity index (χ0) is 24.6. The monoisotopic (exact) mass is 577 g/mol. The molecule has 0 aliphatic rings. The Hall–Kier alpha value is -1.26. The van der Waals surface area contributed by atoms with Crippen LogP contribution in [-0.2, 0) is 19.6 Å². The van der Waals surface area contributed by atoms with E-state index in [9.17, 15) is 13.2 Å². The quantitative estimate of drug-likeness (QED) is 0.229. The summed E-state index contributed by atoms with van der Waals surface area (Å²) in [6, 6.07) is 10.4. The molecule has 0 amide bonds. The summed E-state index contributed by atoms with van der Waals surface area (Å²) in [5, 5.41) is 0.360. The van der Waals surface area contributed by atoms with Crippen LogP contribution in [0.15, 0.2) is 50.7 Å². The van der Waals surface area contributed by atoms with Gasteiger partial charge in [0, 0.05) is 27.7 Å². The lowest BCUT2D eigenvalue weighted by atomic mass is 10.2. The fourth-order valence-corrected chi connectivity index (χ4v) is 6.44. The zero-order valence-electron chi connectivity index (χ0n) is 19.1. The van der Waals surface area contributed by atoms with Crippen molar-refractivity contribution in [2.24, 2.45) is 0 Å². The largest absolute Gasteiger partial charge is 0.482 e. The number of carbonyl (C=O) groups is 1. The van der Waals surface area contributed by atoms with Crippen LogP contribution in [0.25, 0.3) is 0 Å². The van der Waals surface area contributed by atoms with Gasteiger partial charge in [0.25, 0.3) is 0 Å². The van der Waals surface area contributed by atoms with Crippen LogP contribution in [0.4, 0.5) is 0 Å². The summed E-state index contributed by atoms with van der Waals surface area (Å²) in [5.41, 5.74) is 0.888. The van der Waals surface area contributed by atoms with Crippen molar-refractivity contribution in [2.45, 2.75) is 49.2 Å². The Morgan fingerprint density at radius 3 is 2.55 bits per heavy atom. The molecule has 0 fully saturated rings. The third-order valence-electron chi connectivity index (χ3n) is 4.60. The third kappa shape index (κ3) is 8.17. The normalized spacial score (nSPS) is 12.6. The minimum atomic E-state index is -3.67. The minimum Gasteiger partial charge on any atom is -0.482 e. The van der Waals surface area contributed by atoms with E-state index in [-0.39, 0.29) is 16.8 Å². The number of aryl methyl sites for hydroxylation is 1. The molecule has 182 valence electrons. The van der Waals surface area contributed by atoms with Crippen molar-refractivity contribution in [3.63, 3.8) is 0 Å². The van der Waals surface area contributed by atoms with Gasteiger partial charge in [-0.25, -0.2) is 13.2 Å². The number of halogens is 2. The van der Waals surface area contributed by atoms with Crippen molar-refractivity contribution in [1.29, 1.82) is 0 Å². The van der Waals surface area contributed by atoms with Crippen molar-refractivity contribution in [3.8, 4) is 5.75 Å². The minimum absolute atomic E-state index is 0.00273. The average molecular weight is 579 g/mol. The van der Waals surface area contributed by atoms with Crippen LogP contribution in [0.1, 0.15) is 32.8 Å². The first-order chi connectivity index (χ1) is 15.6. The Labute approximate surface area is 214 Å². The first kappa shape index (κ1) is 28.0. The molecule has 6 nitrogen and oxygen atoms in total. The van der Waals surface area contributed by atoms with Crippen molar-refractivity contribution >= 4 is 55.3 Å². The van der Waals surface area contributed by atoms with Gasteiger partial charge in [0.1, 0.15) is 5.75 Å². The molecule has 0 aliphatic heterocycles. The summed E-state index contributed by atoms with van der Waals surface area (Å²) in [4.78, 5) is 12.7. The predicted molar refractivity (Wildman–Crippen MR) is 137 cm³/mol. The average Bonchev–Trinajstić information content (AvgIpc) is 2.75. The van der Waals surface area contributed by atoms with Crippen LogP contribution in [0, 0.1) is 6.92 Å². The number of ether oxygens (including phenoxy) is 2. The van der Waals surface area contributed by atoms with E-state index in [1.807, 2.05) is 39.0 Å². The Kier molecular flexibility index (Phi) is 11.0. The molecule has 0 bridgehead atoms. The van der Waals surface area contributed by atoms with Gasteiger partial charge in [0.05, 0.1) is 16.5 Å². The summed E-state index contributed by atoms with van der Waals surface area (Å²) >= 11 is 11.0. The number of carbonyl (C=O) groups excluding carboxylic acids is 1. The molecule has 0 N–H and O–H groups in total. The summed E-state index contributed by atoms with van der Waals surface area (Å²) in [7, 11) is -3.67. The van der Waals surface area contributed by atoms with Gasteiger partial charge < -0.3 is 9.47 Å². The van der Waals surface area contributed by atoms with E-state index in [4.69, 9.17) is 21.1 Å². The Morgan fingerprint density at radius 2 is 1.94 bits per heavy atom. The molecule has 2 aromatic rings. The molecule has 10 heteroatoms. The summed E-state index contributed by atoms with van der Waals surface area (Å²) < 4.78 is 39.0. The molecule has 33 heavy (non-hydrogen) atoms. The highest BCUT2D eigenvalue weighted by Crippen LogP contribution is 2.31. The first-order valence-electron chi connectivity index (χ1n) is 10.6. The molecule has 0 spiro atoms. The van der Waals surface area contributed by atoms with Crippen LogP contribution >= 0.6 is 39.3 Å². The standard InChI is InChI=1S/C23H29BrClNO5S2/c1-5-11-26(33(28,29)19-8-9-20(24)21(25)13-19)14-17(4)32-18-7-10-22(16(3)12-18)31-15-23(27)30-6-2/h7-10,12-13,17H,5-6,11,14-15H2,1-4H3/t17-/m1/s1. The van der Waals surface area contributed by atoms with Gasteiger partial charge in [-0.3, -0.25) is 0 Å². The molecule has 2 aromatic carbocycles. The lowest BCUT2D eigenvalue weighted by Gasteiger charge is -2.25. The second-order valence-corrected chi connectivity index (χ2v) is 12.1. The number of sulfonamides is 1. The van der Waals surface area contributed by atoms with Crippen LogP contribution in [0.3, 0.4) is 0 Å². The second kappa shape index (κ2) is 13.0. The highest BCUT2D eigenvalue weighted by atomic mass is 79.9. The van der Waals surface area contributed by atoms with Gasteiger partial charge in [-0.1, -0.05) is 25.4 Å². The van der Waals surface area contributed by atoms with Crippen molar-refractivity contribution in [2.75, 3.05) is 26.3 Å². The van der Waals surface area contributed by atoms with Gasteiger partial charge >= 0.3 is 5.97 Å². The van der Waals surface area contributed by atoms with Crippen LogP contribution in [-0.4, -0.2) is 50.2 Å². The van der Waals surface area contributed by atoms with Gasteiger partial charge in [-0.15, -0.1) is 11.8 Å². The maximum atomic E-state index is 13.2. The summed E-state index contributed by atoms with van der Waals surface area (Å²) in [6.45, 7) is 8.55. The number of benzene rings is 2. The number of hydrogen-bond acceptors (Lipinski definition) is 6. The maximum absolute atomic E-state index is 13.2. The van der Waals surface area contributed by atoms with Crippen molar-refractivity contribution in [3.05, 3.63) is 51.5 Å².